The monoisotopic (exact) mass is 267 g/mol. The molecule has 0 spiro atoms. The first-order valence-corrected chi connectivity index (χ1v) is 7.24. The van der Waals surface area contributed by atoms with Crippen molar-refractivity contribution in [3.8, 4) is 0 Å². The Balaban J connectivity index is 2.36. The van der Waals surface area contributed by atoms with Crippen molar-refractivity contribution in [2.24, 2.45) is 0 Å². The smallest absolute Gasteiger partial charge is 0.306 e. The minimum absolute atomic E-state index is 0.150. The number of carbonyl (C=O) groups excluding carboxylic acids is 1. The molecule has 3 nitrogen and oxygen atoms in total. The number of hydrogen-bond acceptors (Lipinski definition) is 4. The zero-order valence-corrected chi connectivity index (χ0v) is 11.9. The van der Waals surface area contributed by atoms with E-state index in [2.05, 4.69) is 41.2 Å². The SMILES string of the molecule is CCCNCc1cccc(SCCC(=O)OC)c1. The van der Waals surface area contributed by atoms with Gasteiger partial charge in [0.2, 0.25) is 0 Å². The van der Waals surface area contributed by atoms with Gasteiger partial charge in [0.05, 0.1) is 13.5 Å². The van der Waals surface area contributed by atoms with E-state index in [-0.39, 0.29) is 5.97 Å². The quantitative estimate of drug-likeness (QED) is 0.446. The first-order chi connectivity index (χ1) is 8.76. The van der Waals surface area contributed by atoms with E-state index in [1.807, 2.05) is 0 Å². The molecule has 0 heterocycles. The summed E-state index contributed by atoms with van der Waals surface area (Å²) in [6, 6.07) is 8.42. The summed E-state index contributed by atoms with van der Waals surface area (Å²) < 4.78 is 4.62. The van der Waals surface area contributed by atoms with Gasteiger partial charge < -0.3 is 10.1 Å². The van der Waals surface area contributed by atoms with Crippen LogP contribution in [0.5, 0.6) is 0 Å². The Morgan fingerprint density at radius 2 is 2.28 bits per heavy atom. The van der Waals surface area contributed by atoms with Gasteiger partial charge in [-0.3, -0.25) is 4.79 Å². The van der Waals surface area contributed by atoms with Crippen molar-refractivity contribution < 1.29 is 9.53 Å². The zero-order valence-electron chi connectivity index (χ0n) is 11.1. The zero-order chi connectivity index (χ0) is 13.2. The molecule has 0 aliphatic carbocycles. The molecule has 0 fully saturated rings. The van der Waals surface area contributed by atoms with E-state index in [0.29, 0.717) is 6.42 Å². The average Bonchev–Trinajstić information content (AvgIpc) is 2.39. The molecule has 18 heavy (non-hydrogen) atoms. The molecule has 0 amide bonds. The predicted octanol–water partition coefficient (Wildman–Crippen LogP) is 2.84. The molecule has 0 aliphatic rings. The van der Waals surface area contributed by atoms with E-state index in [9.17, 15) is 4.79 Å². The number of carbonyl (C=O) groups is 1. The van der Waals surface area contributed by atoms with Crippen LogP contribution < -0.4 is 5.32 Å². The standard InChI is InChI=1S/C14H21NO2S/c1-3-8-15-11-12-5-4-6-13(10-12)18-9-7-14(16)17-2/h4-6,10,15H,3,7-9,11H2,1-2H3. The van der Waals surface area contributed by atoms with E-state index in [1.165, 1.54) is 17.6 Å². The van der Waals surface area contributed by atoms with Crippen molar-refractivity contribution in [3.05, 3.63) is 29.8 Å². The topological polar surface area (TPSA) is 38.3 Å². The molecule has 100 valence electrons. The van der Waals surface area contributed by atoms with Crippen LogP contribution in [0, 0.1) is 0 Å². The molecule has 0 atom stereocenters. The van der Waals surface area contributed by atoms with Crippen LogP contribution in [0.15, 0.2) is 29.2 Å². The first-order valence-electron chi connectivity index (χ1n) is 6.25. The largest absolute Gasteiger partial charge is 0.469 e. The summed E-state index contributed by atoms with van der Waals surface area (Å²) in [6.07, 6.45) is 1.60. The fourth-order valence-electron chi connectivity index (χ4n) is 1.51. The van der Waals surface area contributed by atoms with Gasteiger partial charge in [0, 0.05) is 17.2 Å². The summed E-state index contributed by atoms with van der Waals surface area (Å²) in [4.78, 5) is 12.2. The number of methoxy groups -OCH3 is 1. The van der Waals surface area contributed by atoms with Crippen LogP contribution >= 0.6 is 11.8 Å². The second-order valence-corrected chi connectivity index (χ2v) is 5.17. The summed E-state index contributed by atoms with van der Waals surface area (Å²) in [5.74, 6) is 0.613. The van der Waals surface area contributed by atoms with E-state index in [4.69, 9.17) is 0 Å². The average molecular weight is 267 g/mol. The summed E-state index contributed by atoms with van der Waals surface area (Å²) in [5.41, 5.74) is 1.28. The Morgan fingerprint density at radius 1 is 1.44 bits per heavy atom. The van der Waals surface area contributed by atoms with Crippen molar-refractivity contribution in [1.29, 1.82) is 0 Å². The van der Waals surface area contributed by atoms with Gasteiger partial charge in [0.1, 0.15) is 0 Å². The molecule has 1 aromatic rings. The molecular formula is C14H21NO2S. The molecule has 0 saturated heterocycles. The van der Waals surface area contributed by atoms with E-state index >= 15 is 0 Å². The van der Waals surface area contributed by atoms with E-state index < -0.39 is 0 Å². The molecule has 1 N–H and O–H groups in total. The highest BCUT2D eigenvalue weighted by Crippen LogP contribution is 2.20. The first kappa shape index (κ1) is 15.1. The fraction of sp³-hybridized carbons (Fsp3) is 0.500. The summed E-state index contributed by atoms with van der Waals surface area (Å²) >= 11 is 1.69. The van der Waals surface area contributed by atoms with Crippen LogP contribution in [0.2, 0.25) is 0 Å². The molecule has 0 bridgehead atoms. The molecular weight excluding hydrogens is 246 g/mol. The second kappa shape index (κ2) is 9.00. The van der Waals surface area contributed by atoms with Crippen LogP contribution in [0.25, 0.3) is 0 Å². The van der Waals surface area contributed by atoms with Crippen molar-refractivity contribution in [2.75, 3.05) is 19.4 Å². The van der Waals surface area contributed by atoms with Gasteiger partial charge in [-0.05, 0) is 30.7 Å². The van der Waals surface area contributed by atoms with Crippen molar-refractivity contribution >= 4 is 17.7 Å². The van der Waals surface area contributed by atoms with Gasteiger partial charge in [-0.25, -0.2) is 0 Å². The lowest BCUT2D eigenvalue weighted by molar-refractivity contribution is -0.140. The van der Waals surface area contributed by atoms with E-state index in [1.54, 1.807) is 11.8 Å². The van der Waals surface area contributed by atoms with Crippen LogP contribution in [0.3, 0.4) is 0 Å². The summed E-state index contributed by atoms with van der Waals surface area (Å²) in [5, 5.41) is 3.38. The number of rotatable bonds is 8. The maximum Gasteiger partial charge on any atom is 0.306 e. The molecule has 0 unspecified atom stereocenters. The highest BCUT2D eigenvalue weighted by Gasteiger charge is 2.01. The number of thioether (sulfide) groups is 1. The van der Waals surface area contributed by atoms with Crippen LogP contribution in [-0.2, 0) is 16.1 Å². The Kier molecular flexibility index (Phi) is 7.53. The van der Waals surface area contributed by atoms with Crippen molar-refractivity contribution in [1.82, 2.24) is 5.32 Å². The highest BCUT2D eigenvalue weighted by molar-refractivity contribution is 7.99. The number of nitrogens with one attached hydrogen (secondary N) is 1. The van der Waals surface area contributed by atoms with E-state index in [0.717, 1.165) is 25.3 Å². The van der Waals surface area contributed by atoms with Crippen LogP contribution in [0.1, 0.15) is 25.3 Å². The van der Waals surface area contributed by atoms with Gasteiger partial charge in [-0.15, -0.1) is 11.8 Å². The van der Waals surface area contributed by atoms with Crippen LogP contribution in [-0.4, -0.2) is 25.4 Å². The van der Waals surface area contributed by atoms with Gasteiger partial charge in [0.15, 0.2) is 0 Å². The van der Waals surface area contributed by atoms with Gasteiger partial charge in [0.25, 0.3) is 0 Å². The Bertz CT molecular complexity index is 369. The highest BCUT2D eigenvalue weighted by atomic mass is 32.2. The summed E-state index contributed by atoms with van der Waals surface area (Å²) in [6.45, 7) is 4.10. The molecule has 0 saturated carbocycles. The minimum Gasteiger partial charge on any atom is -0.469 e. The molecule has 1 rings (SSSR count). The van der Waals surface area contributed by atoms with Crippen LogP contribution in [0.4, 0.5) is 0 Å². The number of esters is 1. The third kappa shape index (κ3) is 6.07. The van der Waals surface area contributed by atoms with Gasteiger partial charge in [-0.2, -0.15) is 0 Å². The molecule has 4 heteroatoms. The lowest BCUT2D eigenvalue weighted by atomic mass is 10.2. The Hall–Kier alpha value is -1.00. The molecule has 1 aromatic carbocycles. The minimum atomic E-state index is -0.150. The third-order valence-electron chi connectivity index (χ3n) is 2.46. The van der Waals surface area contributed by atoms with Gasteiger partial charge >= 0.3 is 5.97 Å². The number of benzene rings is 1. The predicted molar refractivity (Wildman–Crippen MR) is 75.8 cm³/mol. The lowest BCUT2D eigenvalue weighted by Gasteiger charge is -2.06. The molecule has 0 aliphatic heterocycles. The molecule has 0 aromatic heterocycles. The normalized spacial score (nSPS) is 10.3. The summed E-state index contributed by atoms with van der Waals surface area (Å²) in [7, 11) is 1.42. The maximum absolute atomic E-state index is 11.0. The Labute approximate surface area is 113 Å². The second-order valence-electron chi connectivity index (χ2n) is 4.00. The number of ether oxygens (including phenoxy) is 1. The number of hydrogen-bond donors (Lipinski definition) is 1. The molecule has 0 radical (unpaired) electrons. The third-order valence-corrected chi connectivity index (χ3v) is 3.45. The maximum atomic E-state index is 11.0. The lowest BCUT2D eigenvalue weighted by Crippen LogP contribution is -2.13. The Morgan fingerprint density at radius 3 is 3.00 bits per heavy atom. The fourth-order valence-corrected chi connectivity index (χ4v) is 2.42. The van der Waals surface area contributed by atoms with Gasteiger partial charge in [-0.1, -0.05) is 19.1 Å². The van der Waals surface area contributed by atoms with Crippen molar-refractivity contribution in [2.45, 2.75) is 31.2 Å². The van der Waals surface area contributed by atoms with Crippen molar-refractivity contribution in [3.63, 3.8) is 0 Å².